The summed E-state index contributed by atoms with van der Waals surface area (Å²) in [6, 6.07) is 6.48. The van der Waals surface area contributed by atoms with E-state index in [9.17, 15) is 14.7 Å². The first-order chi connectivity index (χ1) is 13.0. The second kappa shape index (κ2) is 5.47. The normalized spacial score (nSPS) is 36.7. The van der Waals surface area contributed by atoms with Crippen LogP contribution in [0.2, 0.25) is 0 Å². The molecule has 0 bridgehead atoms. The lowest BCUT2D eigenvalue weighted by molar-refractivity contribution is -0.152. The molecule has 1 aromatic rings. The number of phenolic OH excluding ortho intramolecular Hbond substituents is 1. The zero-order valence-corrected chi connectivity index (χ0v) is 14.3. The van der Waals surface area contributed by atoms with Crippen molar-refractivity contribution in [3.05, 3.63) is 59.4 Å². The second-order valence-electron chi connectivity index (χ2n) is 6.93. The number of hydrogen-bond donors (Lipinski definition) is 1. The Balaban J connectivity index is 1.53. The van der Waals surface area contributed by atoms with E-state index in [0.29, 0.717) is 11.1 Å². The Bertz CT molecular complexity index is 926. The number of benzene rings is 1. The molecular formula is C20H16O7. The Hall–Kier alpha value is -3.06. The van der Waals surface area contributed by atoms with Crippen LogP contribution in [0.3, 0.4) is 0 Å². The Morgan fingerprint density at radius 1 is 1.30 bits per heavy atom. The van der Waals surface area contributed by atoms with Crippen molar-refractivity contribution in [1.82, 2.24) is 0 Å². The lowest BCUT2D eigenvalue weighted by Crippen LogP contribution is -2.43. The molecule has 2 fully saturated rings. The highest BCUT2D eigenvalue weighted by Crippen LogP contribution is 2.58. The van der Waals surface area contributed by atoms with Crippen LogP contribution in [0.1, 0.15) is 5.56 Å². The number of phenols is 1. The van der Waals surface area contributed by atoms with Gasteiger partial charge in [-0.15, -0.1) is 0 Å². The average Bonchev–Trinajstić information content (AvgIpc) is 3.27. The summed E-state index contributed by atoms with van der Waals surface area (Å²) in [5.74, 6) is -1.46. The minimum absolute atomic E-state index is 0.141. The summed E-state index contributed by atoms with van der Waals surface area (Å²) in [4.78, 5) is 24.6. The quantitative estimate of drug-likeness (QED) is 0.482. The van der Waals surface area contributed by atoms with E-state index >= 15 is 0 Å². The molecule has 3 heterocycles. The summed E-state index contributed by atoms with van der Waals surface area (Å²) in [5, 5.41) is 9.43. The molecule has 0 radical (unpaired) electrons. The highest BCUT2D eigenvalue weighted by Gasteiger charge is 2.70. The number of allylic oxidation sites excluding steroid dienone is 1. The predicted octanol–water partition coefficient (Wildman–Crippen LogP) is 1.69. The highest BCUT2D eigenvalue weighted by atomic mass is 16.7. The van der Waals surface area contributed by atoms with Crippen LogP contribution in [0, 0.1) is 11.8 Å². The molecule has 7 nitrogen and oxygen atoms in total. The third kappa shape index (κ3) is 2.12. The highest BCUT2D eigenvalue weighted by molar-refractivity contribution is 5.99. The zero-order valence-electron chi connectivity index (χ0n) is 14.3. The van der Waals surface area contributed by atoms with Crippen molar-refractivity contribution in [2.75, 3.05) is 7.11 Å². The monoisotopic (exact) mass is 368 g/mol. The Kier molecular flexibility index (Phi) is 3.27. The second-order valence-corrected chi connectivity index (χ2v) is 6.93. The first-order valence-electron chi connectivity index (χ1n) is 8.56. The molecule has 1 aliphatic carbocycles. The lowest BCUT2D eigenvalue weighted by atomic mass is 9.78. The van der Waals surface area contributed by atoms with E-state index in [1.807, 2.05) is 6.08 Å². The van der Waals surface area contributed by atoms with E-state index in [4.69, 9.17) is 18.9 Å². The summed E-state index contributed by atoms with van der Waals surface area (Å²) in [7, 11) is 1.31. The largest absolute Gasteiger partial charge is 0.508 e. The zero-order chi connectivity index (χ0) is 18.8. The molecule has 1 aromatic carbocycles. The van der Waals surface area contributed by atoms with Crippen molar-refractivity contribution < 1.29 is 33.6 Å². The summed E-state index contributed by atoms with van der Waals surface area (Å²) in [6.45, 7) is 0. The summed E-state index contributed by atoms with van der Waals surface area (Å²) >= 11 is 0. The molecule has 4 aliphatic rings. The van der Waals surface area contributed by atoms with Crippen molar-refractivity contribution in [2.45, 2.75) is 18.0 Å². The molecule has 0 aromatic heterocycles. The van der Waals surface area contributed by atoms with Gasteiger partial charge in [-0.3, -0.25) is 0 Å². The molecule has 7 heteroatoms. The average molecular weight is 368 g/mol. The Morgan fingerprint density at radius 2 is 2.07 bits per heavy atom. The molecule has 5 atom stereocenters. The van der Waals surface area contributed by atoms with Gasteiger partial charge in [-0.1, -0.05) is 18.2 Å². The van der Waals surface area contributed by atoms with Gasteiger partial charge >= 0.3 is 11.9 Å². The van der Waals surface area contributed by atoms with Crippen LogP contribution in [-0.2, 0) is 28.5 Å². The smallest absolute Gasteiger partial charge is 0.337 e. The van der Waals surface area contributed by atoms with E-state index in [-0.39, 0.29) is 17.6 Å². The molecule has 0 saturated carbocycles. The van der Waals surface area contributed by atoms with Gasteiger partial charge in [0, 0.05) is 5.92 Å². The number of carbonyl (C=O) groups excluding carboxylic acids is 2. The first kappa shape index (κ1) is 16.1. The van der Waals surface area contributed by atoms with E-state index < -0.39 is 29.9 Å². The van der Waals surface area contributed by atoms with E-state index in [2.05, 4.69) is 0 Å². The SMILES string of the molecule is COC(=O)C1=CO[C@@H]2O[C@H]3/C(=C/c4ccc(O)cc4)C(=O)O[C@]34C=C[C@H]1[C@H]24. The number of rotatable bonds is 2. The Labute approximate surface area is 154 Å². The van der Waals surface area contributed by atoms with Gasteiger partial charge in [0.15, 0.2) is 5.60 Å². The third-order valence-corrected chi connectivity index (χ3v) is 5.56. The van der Waals surface area contributed by atoms with Crippen LogP contribution >= 0.6 is 0 Å². The molecule has 138 valence electrons. The molecule has 1 spiro atoms. The lowest BCUT2D eigenvalue weighted by Gasteiger charge is -2.32. The van der Waals surface area contributed by atoms with Gasteiger partial charge in [0.25, 0.3) is 0 Å². The van der Waals surface area contributed by atoms with Crippen molar-refractivity contribution in [3.8, 4) is 5.75 Å². The molecule has 5 rings (SSSR count). The first-order valence-corrected chi connectivity index (χ1v) is 8.56. The Morgan fingerprint density at radius 3 is 2.81 bits per heavy atom. The fraction of sp³-hybridized carbons (Fsp3) is 0.300. The van der Waals surface area contributed by atoms with E-state index in [1.165, 1.54) is 13.4 Å². The van der Waals surface area contributed by atoms with Crippen molar-refractivity contribution in [3.63, 3.8) is 0 Å². The fourth-order valence-electron chi connectivity index (χ4n) is 4.35. The summed E-state index contributed by atoms with van der Waals surface area (Å²) in [5.41, 5.74) is 0.498. The van der Waals surface area contributed by atoms with Gasteiger partial charge in [-0.05, 0) is 29.8 Å². The van der Waals surface area contributed by atoms with Gasteiger partial charge in [-0.25, -0.2) is 9.59 Å². The number of aromatic hydroxyl groups is 1. The molecule has 27 heavy (non-hydrogen) atoms. The maximum absolute atomic E-state index is 12.6. The molecular weight excluding hydrogens is 352 g/mol. The topological polar surface area (TPSA) is 91.3 Å². The van der Waals surface area contributed by atoms with Gasteiger partial charge in [-0.2, -0.15) is 0 Å². The van der Waals surface area contributed by atoms with Gasteiger partial charge in [0.05, 0.1) is 30.4 Å². The number of ether oxygens (including phenoxy) is 4. The van der Waals surface area contributed by atoms with Crippen molar-refractivity contribution in [2.24, 2.45) is 11.8 Å². The minimum atomic E-state index is -0.997. The van der Waals surface area contributed by atoms with Crippen LogP contribution in [0.5, 0.6) is 5.75 Å². The van der Waals surface area contributed by atoms with Gasteiger partial charge < -0.3 is 24.1 Å². The van der Waals surface area contributed by atoms with Crippen LogP contribution in [0.25, 0.3) is 6.08 Å². The van der Waals surface area contributed by atoms with Crippen LogP contribution in [0.4, 0.5) is 0 Å². The molecule has 0 unspecified atom stereocenters. The standard InChI is InChI=1S/C20H16O7/c1-24-17(22)14-9-25-19-15-12(14)6-7-20(15)16(26-19)13(18(23)27-20)8-10-2-4-11(21)5-3-10/h2-9,12,15-16,19,21H,1H3/b13-8-/t12-,15-,16+,19-,20+/m1/s1. The predicted molar refractivity (Wildman–Crippen MR) is 90.9 cm³/mol. The van der Waals surface area contributed by atoms with Crippen LogP contribution in [-0.4, -0.2) is 42.1 Å². The minimum Gasteiger partial charge on any atom is -0.508 e. The van der Waals surface area contributed by atoms with Crippen LogP contribution in [0.15, 0.2) is 53.8 Å². The van der Waals surface area contributed by atoms with Crippen molar-refractivity contribution >= 4 is 18.0 Å². The maximum Gasteiger partial charge on any atom is 0.337 e. The molecule has 0 amide bonds. The van der Waals surface area contributed by atoms with Gasteiger partial charge in [0.1, 0.15) is 11.9 Å². The number of hydrogen-bond acceptors (Lipinski definition) is 7. The molecule has 2 saturated heterocycles. The third-order valence-electron chi connectivity index (χ3n) is 5.56. The number of esters is 2. The maximum atomic E-state index is 12.6. The fourth-order valence-corrected chi connectivity index (χ4v) is 4.35. The summed E-state index contributed by atoms with van der Waals surface area (Å²) in [6.07, 6.45) is 5.45. The molecule has 1 N–H and O–H groups in total. The summed E-state index contributed by atoms with van der Waals surface area (Å²) < 4.78 is 22.2. The van der Waals surface area contributed by atoms with E-state index in [0.717, 1.165) is 5.56 Å². The number of carbonyl (C=O) groups is 2. The van der Waals surface area contributed by atoms with Gasteiger partial charge in [0.2, 0.25) is 6.29 Å². The van der Waals surface area contributed by atoms with E-state index in [1.54, 1.807) is 36.4 Å². The van der Waals surface area contributed by atoms with Crippen molar-refractivity contribution in [1.29, 1.82) is 0 Å². The number of methoxy groups -OCH3 is 1. The molecule has 3 aliphatic heterocycles. The van der Waals surface area contributed by atoms with Crippen LogP contribution < -0.4 is 0 Å².